The van der Waals surface area contributed by atoms with Crippen LogP contribution < -0.4 is 5.73 Å². The fraction of sp³-hybridized carbons (Fsp3) is 1.00. The smallest absolute Gasteiger partial charge is 0.0224 e. The van der Waals surface area contributed by atoms with Crippen LogP contribution in [-0.4, -0.2) is 29.6 Å². The summed E-state index contributed by atoms with van der Waals surface area (Å²) in [7, 11) is 0. The molecule has 1 aliphatic heterocycles. The third-order valence-electron chi connectivity index (χ3n) is 4.87. The summed E-state index contributed by atoms with van der Waals surface area (Å²) in [5.41, 5.74) is 5.95. The molecular weight excluding hydrogens is 196 g/mol. The second-order valence-corrected chi connectivity index (χ2v) is 5.86. The molecule has 1 aliphatic carbocycles. The zero-order valence-corrected chi connectivity index (χ0v) is 11.0. The van der Waals surface area contributed by atoms with E-state index in [4.69, 9.17) is 5.73 Å². The zero-order valence-electron chi connectivity index (χ0n) is 11.0. The summed E-state index contributed by atoms with van der Waals surface area (Å²) >= 11 is 0. The van der Waals surface area contributed by atoms with Crippen LogP contribution in [0, 0.1) is 5.92 Å². The third-order valence-corrected chi connectivity index (χ3v) is 4.87. The molecule has 2 aliphatic rings. The topological polar surface area (TPSA) is 29.3 Å². The largest absolute Gasteiger partial charge is 0.329 e. The van der Waals surface area contributed by atoms with Crippen molar-refractivity contribution in [3.05, 3.63) is 0 Å². The molecule has 4 atom stereocenters. The summed E-state index contributed by atoms with van der Waals surface area (Å²) in [6.07, 6.45) is 9.74. The number of hydrogen-bond donors (Lipinski definition) is 1. The summed E-state index contributed by atoms with van der Waals surface area (Å²) in [6, 6.07) is 2.28. The van der Waals surface area contributed by atoms with Crippen molar-refractivity contribution < 1.29 is 0 Å². The molecule has 0 spiro atoms. The van der Waals surface area contributed by atoms with Gasteiger partial charge in [0.2, 0.25) is 0 Å². The summed E-state index contributed by atoms with van der Waals surface area (Å²) in [4.78, 5) is 2.78. The Balaban J connectivity index is 1.99. The Morgan fingerprint density at radius 1 is 1.19 bits per heavy atom. The van der Waals surface area contributed by atoms with Crippen LogP contribution in [0.3, 0.4) is 0 Å². The number of piperidine rings is 1. The molecule has 2 heteroatoms. The molecule has 94 valence electrons. The van der Waals surface area contributed by atoms with Crippen molar-refractivity contribution in [2.45, 2.75) is 76.9 Å². The lowest BCUT2D eigenvalue weighted by Gasteiger charge is -2.44. The maximum absolute atomic E-state index is 5.95. The first-order valence-corrected chi connectivity index (χ1v) is 7.23. The minimum atomic E-state index is 0.671. The van der Waals surface area contributed by atoms with Crippen molar-refractivity contribution in [1.82, 2.24) is 4.90 Å². The van der Waals surface area contributed by atoms with Gasteiger partial charge >= 0.3 is 0 Å². The Labute approximate surface area is 101 Å². The quantitative estimate of drug-likeness (QED) is 0.798. The zero-order chi connectivity index (χ0) is 11.5. The molecule has 1 heterocycles. The van der Waals surface area contributed by atoms with E-state index in [1.54, 1.807) is 0 Å². The van der Waals surface area contributed by atoms with Crippen LogP contribution in [0.5, 0.6) is 0 Å². The normalized spacial score (nSPS) is 41.4. The highest BCUT2D eigenvalue weighted by Gasteiger charge is 2.36. The predicted molar refractivity (Wildman–Crippen MR) is 69.4 cm³/mol. The Morgan fingerprint density at radius 3 is 2.62 bits per heavy atom. The van der Waals surface area contributed by atoms with Crippen molar-refractivity contribution in [2.24, 2.45) is 11.7 Å². The number of nitrogens with two attached hydrogens (primary N) is 1. The summed E-state index contributed by atoms with van der Waals surface area (Å²) in [6.45, 7) is 5.60. The Kier molecular flexibility index (Phi) is 4.26. The minimum absolute atomic E-state index is 0.671. The first kappa shape index (κ1) is 12.4. The molecule has 1 saturated carbocycles. The lowest BCUT2D eigenvalue weighted by Crippen LogP contribution is -2.53. The van der Waals surface area contributed by atoms with E-state index in [0.29, 0.717) is 6.04 Å². The molecule has 4 unspecified atom stereocenters. The number of rotatable bonds is 3. The van der Waals surface area contributed by atoms with E-state index < -0.39 is 0 Å². The first-order chi connectivity index (χ1) is 7.76. The third kappa shape index (κ3) is 2.43. The highest BCUT2D eigenvalue weighted by Crippen LogP contribution is 2.36. The average Bonchev–Trinajstić information content (AvgIpc) is 2.76. The Bertz CT molecular complexity index is 217. The monoisotopic (exact) mass is 224 g/mol. The van der Waals surface area contributed by atoms with Gasteiger partial charge in [0.1, 0.15) is 0 Å². The number of likely N-dealkylation sites (tertiary alicyclic amines) is 1. The minimum Gasteiger partial charge on any atom is -0.329 e. The molecule has 2 N–H and O–H groups in total. The Morgan fingerprint density at radius 2 is 2.00 bits per heavy atom. The molecule has 2 fully saturated rings. The van der Waals surface area contributed by atoms with E-state index in [9.17, 15) is 0 Å². The lowest BCUT2D eigenvalue weighted by molar-refractivity contribution is 0.0507. The summed E-state index contributed by atoms with van der Waals surface area (Å²) in [5, 5.41) is 0. The maximum atomic E-state index is 5.95. The van der Waals surface area contributed by atoms with E-state index >= 15 is 0 Å². The highest BCUT2D eigenvalue weighted by atomic mass is 15.2. The van der Waals surface area contributed by atoms with Crippen molar-refractivity contribution >= 4 is 0 Å². The molecule has 0 radical (unpaired) electrons. The van der Waals surface area contributed by atoms with Crippen LogP contribution >= 0.6 is 0 Å². The molecule has 0 aromatic rings. The van der Waals surface area contributed by atoms with Gasteiger partial charge in [-0.15, -0.1) is 0 Å². The van der Waals surface area contributed by atoms with Gasteiger partial charge in [-0.05, 0) is 44.9 Å². The van der Waals surface area contributed by atoms with Gasteiger partial charge in [0.05, 0.1) is 0 Å². The van der Waals surface area contributed by atoms with E-state index in [1.165, 1.54) is 44.9 Å². The molecular formula is C14H28N2. The van der Waals surface area contributed by atoms with Crippen LogP contribution in [0.25, 0.3) is 0 Å². The summed E-state index contributed by atoms with van der Waals surface area (Å²) in [5.74, 6) is 0.984. The van der Waals surface area contributed by atoms with Crippen molar-refractivity contribution in [2.75, 3.05) is 6.54 Å². The second kappa shape index (κ2) is 5.50. The predicted octanol–water partition coefficient (Wildman–Crippen LogP) is 2.77. The fourth-order valence-electron chi connectivity index (χ4n) is 3.89. The molecule has 2 rings (SSSR count). The maximum Gasteiger partial charge on any atom is 0.0224 e. The average molecular weight is 224 g/mol. The molecule has 16 heavy (non-hydrogen) atoms. The van der Waals surface area contributed by atoms with Gasteiger partial charge in [0, 0.05) is 24.7 Å². The Hall–Kier alpha value is -0.0800. The van der Waals surface area contributed by atoms with E-state index in [2.05, 4.69) is 18.7 Å². The molecule has 0 amide bonds. The van der Waals surface area contributed by atoms with Crippen LogP contribution in [0.15, 0.2) is 0 Å². The van der Waals surface area contributed by atoms with Gasteiger partial charge in [-0.1, -0.05) is 19.8 Å². The standard InChI is InChI=1S/C14H28N2/c1-3-12-7-8-13(9-12)16-11(2)5-4-6-14(16)10-15/h11-14H,3-10,15H2,1-2H3. The van der Waals surface area contributed by atoms with Gasteiger partial charge in [-0.2, -0.15) is 0 Å². The lowest BCUT2D eigenvalue weighted by atomic mass is 9.93. The van der Waals surface area contributed by atoms with Gasteiger partial charge in [-0.25, -0.2) is 0 Å². The number of nitrogens with zero attached hydrogens (tertiary/aromatic N) is 1. The van der Waals surface area contributed by atoms with Crippen molar-refractivity contribution in [3.63, 3.8) is 0 Å². The van der Waals surface area contributed by atoms with Gasteiger partial charge in [0.25, 0.3) is 0 Å². The first-order valence-electron chi connectivity index (χ1n) is 7.23. The SMILES string of the molecule is CCC1CCC(N2C(C)CCCC2CN)C1. The molecule has 2 nitrogen and oxygen atoms in total. The van der Waals surface area contributed by atoms with Crippen LogP contribution in [0.2, 0.25) is 0 Å². The fourth-order valence-corrected chi connectivity index (χ4v) is 3.89. The van der Waals surface area contributed by atoms with E-state index in [1.807, 2.05) is 0 Å². The molecule has 0 aromatic heterocycles. The van der Waals surface area contributed by atoms with Crippen LogP contribution in [-0.2, 0) is 0 Å². The van der Waals surface area contributed by atoms with E-state index in [-0.39, 0.29) is 0 Å². The van der Waals surface area contributed by atoms with Crippen molar-refractivity contribution in [1.29, 1.82) is 0 Å². The van der Waals surface area contributed by atoms with Crippen LogP contribution in [0.4, 0.5) is 0 Å². The summed E-state index contributed by atoms with van der Waals surface area (Å²) < 4.78 is 0. The molecule has 0 bridgehead atoms. The molecule has 0 aromatic carbocycles. The van der Waals surface area contributed by atoms with Gasteiger partial charge < -0.3 is 5.73 Å². The number of hydrogen-bond acceptors (Lipinski definition) is 2. The van der Waals surface area contributed by atoms with Crippen LogP contribution in [0.1, 0.15) is 58.8 Å². The van der Waals surface area contributed by atoms with Crippen molar-refractivity contribution in [3.8, 4) is 0 Å². The highest BCUT2D eigenvalue weighted by molar-refractivity contribution is 4.91. The van der Waals surface area contributed by atoms with Gasteiger partial charge in [-0.3, -0.25) is 4.90 Å². The van der Waals surface area contributed by atoms with E-state index in [0.717, 1.165) is 24.5 Å². The second-order valence-electron chi connectivity index (χ2n) is 5.86. The molecule has 1 saturated heterocycles. The van der Waals surface area contributed by atoms with Gasteiger partial charge in [0.15, 0.2) is 0 Å².